The van der Waals surface area contributed by atoms with E-state index in [1.165, 1.54) is 19.4 Å². The maximum absolute atomic E-state index is 11.3. The molecule has 0 amide bonds. The summed E-state index contributed by atoms with van der Waals surface area (Å²) >= 11 is 0. The van der Waals surface area contributed by atoms with Gasteiger partial charge in [0.25, 0.3) is 5.69 Å². The van der Waals surface area contributed by atoms with E-state index in [0.29, 0.717) is 23.7 Å². The molecule has 0 atom stereocenters. The molecular weight excluding hydrogens is 376 g/mol. The minimum absolute atomic E-state index is 0.0153. The van der Waals surface area contributed by atoms with E-state index < -0.39 is 20.6 Å². The van der Waals surface area contributed by atoms with Crippen LogP contribution in [0.25, 0.3) is 0 Å². The van der Waals surface area contributed by atoms with Crippen LogP contribution in [0, 0.1) is 10.1 Å². The molecule has 0 aliphatic carbocycles. The van der Waals surface area contributed by atoms with Gasteiger partial charge in [-0.1, -0.05) is 0 Å². The van der Waals surface area contributed by atoms with Gasteiger partial charge in [-0.05, 0) is 42.8 Å². The van der Waals surface area contributed by atoms with Crippen molar-refractivity contribution >= 4 is 27.6 Å². The number of nitrogens with two attached hydrogens (primary N) is 1. The van der Waals surface area contributed by atoms with Crippen LogP contribution in [0.2, 0.25) is 0 Å². The van der Waals surface area contributed by atoms with Crippen LogP contribution < -0.4 is 20.0 Å². The SMILES string of the molecule is CCOc1ccc(C=NNc2ccc(S(N)(=O)=O)cc2[N+](=O)[O-])cc1OC. The third-order valence-electron chi connectivity index (χ3n) is 3.38. The monoisotopic (exact) mass is 394 g/mol. The lowest BCUT2D eigenvalue weighted by Gasteiger charge is -2.09. The molecule has 0 aliphatic rings. The average molecular weight is 394 g/mol. The third kappa shape index (κ3) is 5.15. The first-order valence-electron chi connectivity index (χ1n) is 7.67. The van der Waals surface area contributed by atoms with Crippen molar-refractivity contribution in [1.82, 2.24) is 0 Å². The molecule has 3 N–H and O–H groups in total. The molecule has 144 valence electrons. The van der Waals surface area contributed by atoms with Crippen molar-refractivity contribution in [3.8, 4) is 11.5 Å². The van der Waals surface area contributed by atoms with Crippen LogP contribution in [0.3, 0.4) is 0 Å². The van der Waals surface area contributed by atoms with E-state index in [1.54, 1.807) is 18.2 Å². The Balaban J connectivity index is 2.24. The molecule has 0 saturated carbocycles. The minimum Gasteiger partial charge on any atom is -0.493 e. The zero-order valence-electron chi connectivity index (χ0n) is 14.6. The van der Waals surface area contributed by atoms with Crippen LogP contribution in [0.15, 0.2) is 46.4 Å². The van der Waals surface area contributed by atoms with Gasteiger partial charge in [-0.15, -0.1) is 0 Å². The second-order valence-corrected chi connectivity index (χ2v) is 6.76. The molecule has 0 unspecified atom stereocenters. The number of hydrogen-bond donors (Lipinski definition) is 2. The molecule has 0 heterocycles. The number of primary sulfonamides is 1. The van der Waals surface area contributed by atoms with Crippen LogP contribution >= 0.6 is 0 Å². The topological polar surface area (TPSA) is 146 Å². The fourth-order valence-electron chi connectivity index (χ4n) is 2.15. The van der Waals surface area contributed by atoms with Crippen molar-refractivity contribution in [1.29, 1.82) is 0 Å². The van der Waals surface area contributed by atoms with E-state index in [9.17, 15) is 18.5 Å². The van der Waals surface area contributed by atoms with Gasteiger partial charge in [-0.25, -0.2) is 13.6 Å². The smallest absolute Gasteiger partial charge is 0.295 e. The summed E-state index contributed by atoms with van der Waals surface area (Å²) < 4.78 is 33.3. The summed E-state index contributed by atoms with van der Waals surface area (Å²) in [4.78, 5) is 10.1. The lowest BCUT2D eigenvalue weighted by molar-refractivity contribution is -0.384. The minimum atomic E-state index is -4.05. The molecule has 2 aromatic rings. The number of hydrazone groups is 1. The molecule has 0 radical (unpaired) electrons. The summed E-state index contributed by atoms with van der Waals surface area (Å²) in [5.74, 6) is 1.10. The maximum Gasteiger partial charge on any atom is 0.295 e. The molecular formula is C16H18N4O6S. The van der Waals surface area contributed by atoms with Gasteiger partial charge in [0.1, 0.15) is 5.69 Å². The summed E-state index contributed by atoms with van der Waals surface area (Å²) in [6.07, 6.45) is 1.43. The number of benzene rings is 2. The third-order valence-corrected chi connectivity index (χ3v) is 4.29. The van der Waals surface area contributed by atoms with Crippen LogP contribution in [0.4, 0.5) is 11.4 Å². The molecule has 0 aromatic heterocycles. The standard InChI is InChI=1S/C16H18N4O6S/c1-3-26-15-7-4-11(8-16(15)25-2)10-18-19-13-6-5-12(27(17,23)24)9-14(13)20(21)22/h4-10,19H,3H2,1-2H3,(H2,17,23,24). The van der Waals surface area contributed by atoms with Crippen molar-refractivity contribution in [2.24, 2.45) is 10.2 Å². The highest BCUT2D eigenvalue weighted by atomic mass is 32.2. The maximum atomic E-state index is 11.3. The van der Waals surface area contributed by atoms with Gasteiger partial charge in [0.05, 0.1) is 29.8 Å². The van der Waals surface area contributed by atoms with Crippen LogP contribution in [-0.4, -0.2) is 33.3 Å². The first-order chi connectivity index (χ1) is 12.8. The first-order valence-corrected chi connectivity index (χ1v) is 9.22. The van der Waals surface area contributed by atoms with Gasteiger partial charge < -0.3 is 9.47 Å². The van der Waals surface area contributed by atoms with Gasteiger partial charge in [0.15, 0.2) is 11.5 Å². The summed E-state index contributed by atoms with van der Waals surface area (Å²) in [7, 11) is -2.54. The van der Waals surface area contributed by atoms with Gasteiger partial charge in [-0.2, -0.15) is 5.10 Å². The molecule has 0 spiro atoms. The molecule has 10 nitrogen and oxygen atoms in total. The zero-order valence-corrected chi connectivity index (χ0v) is 15.4. The fourth-order valence-corrected chi connectivity index (χ4v) is 2.68. The number of nitro benzene ring substituents is 1. The van der Waals surface area contributed by atoms with E-state index in [0.717, 1.165) is 12.1 Å². The summed E-state index contributed by atoms with van der Waals surface area (Å²) in [6.45, 7) is 2.34. The first kappa shape index (κ1) is 20.1. The molecule has 2 rings (SSSR count). The molecule has 0 aliphatic heterocycles. The fraction of sp³-hybridized carbons (Fsp3) is 0.188. The second-order valence-electron chi connectivity index (χ2n) is 5.19. The van der Waals surface area contributed by atoms with E-state index in [4.69, 9.17) is 14.6 Å². The molecule has 0 saturated heterocycles. The van der Waals surface area contributed by atoms with Gasteiger partial charge in [0, 0.05) is 6.07 Å². The number of nitrogens with one attached hydrogen (secondary N) is 1. The quantitative estimate of drug-likeness (QED) is 0.396. The van der Waals surface area contributed by atoms with Crippen molar-refractivity contribution in [2.75, 3.05) is 19.1 Å². The number of anilines is 1. The highest BCUT2D eigenvalue weighted by molar-refractivity contribution is 7.89. The Hall–Kier alpha value is -3.18. The second kappa shape index (κ2) is 8.47. The number of nitrogens with zero attached hydrogens (tertiary/aromatic N) is 2. The molecule has 0 bridgehead atoms. The normalized spacial score (nSPS) is 11.4. The van der Waals surface area contributed by atoms with E-state index in [1.807, 2.05) is 6.92 Å². The predicted molar refractivity (Wildman–Crippen MR) is 99.8 cm³/mol. The van der Waals surface area contributed by atoms with Gasteiger partial charge in [0.2, 0.25) is 10.0 Å². The molecule has 0 fully saturated rings. The summed E-state index contributed by atoms with van der Waals surface area (Å²) in [5.41, 5.74) is 2.72. The Bertz CT molecular complexity index is 975. The van der Waals surface area contributed by atoms with E-state index in [2.05, 4.69) is 10.5 Å². The Morgan fingerprint density at radius 2 is 2.00 bits per heavy atom. The number of nitro groups is 1. The molecule has 27 heavy (non-hydrogen) atoms. The van der Waals surface area contributed by atoms with E-state index >= 15 is 0 Å². The van der Waals surface area contributed by atoms with Crippen molar-refractivity contribution in [2.45, 2.75) is 11.8 Å². The Labute approximate surface area is 155 Å². The largest absolute Gasteiger partial charge is 0.493 e. The van der Waals surface area contributed by atoms with Gasteiger partial charge >= 0.3 is 0 Å². The lowest BCUT2D eigenvalue weighted by atomic mass is 10.2. The number of ether oxygens (including phenoxy) is 2. The lowest BCUT2D eigenvalue weighted by Crippen LogP contribution is -2.12. The van der Waals surface area contributed by atoms with Crippen molar-refractivity contribution in [3.63, 3.8) is 0 Å². The van der Waals surface area contributed by atoms with Crippen molar-refractivity contribution in [3.05, 3.63) is 52.1 Å². The zero-order chi connectivity index (χ0) is 20.0. The number of rotatable bonds is 8. The average Bonchev–Trinajstić information content (AvgIpc) is 2.62. The Morgan fingerprint density at radius 3 is 2.59 bits per heavy atom. The number of sulfonamides is 1. The number of hydrogen-bond acceptors (Lipinski definition) is 8. The predicted octanol–water partition coefficient (Wildman–Crippen LogP) is 2.10. The summed E-state index contributed by atoms with van der Waals surface area (Å²) in [6, 6.07) is 8.38. The Kier molecular flexibility index (Phi) is 6.32. The highest BCUT2D eigenvalue weighted by Crippen LogP contribution is 2.28. The van der Waals surface area contributed by atoms with E-state index in [-0.39, 0.29) is 10.6 Å². The molecule has 11 heteroatoms. The van der Waals surface area contributed by atoms with Gasteiger partial charge in [-0.3, -0.25) is 15.5 Å². The van der Waals surface area contributed by atoms with Crippen LogP contribution in [-0.2, 0) is 10.0 Å². The van der Waals surface area contributed by atoms with Crippen LogP contribution in [0.5, 0.6) is 11.5 Å². The summed E-state index contributed by atoms with van der Waals surface area (Å²) in [5, 5.41) is 20.1. The molecule has 2 aromatic carbocycles. The Morgan fingerprint density at radius 1 is 1.26 bits per heavy atom. The van der Waals surface area contributed by atoms with Crippen molar-refractivity contribution < 1.29 is 22.8 Å². The highest BCUT2D eigenvalue weighted by Gasteiger charge is 2.18. The number of methoxy groups -OCH3 is 1. The van der Waals surface area contributed by atoms with Crippen LogP contribution in [0.1, 0.15) is 12.5 Å².